The van der Waals surface area contributed by atoms with Gasteiger partial charge in [0.1, 0.15) is 0 Å². The minimum atomic E-state index is -3.62. The van der Waals surface area contributed by atoms with Crippen molar-refractivity contribution in [3.63, 3.8) is 0 Å². The van der Waals surface area contributed by atoms with Crippen LogP contribution in [0.4, 0.5) is 0 Å². The molecule has 0 radical (unpaired) electrons. The first kappa shape index (κ1) is 13.2. The van der Waals surface area contributed by atoms with Crippen LogP contribution >= 0.6 is 10.7 Å². The van der Waals surface area contributed by atoms with E-state index >= 15 is 0 Å². The number of hydrogen-bond donors (Lipinski definition) is 1. The van der Waals surface area contributed by atoms with E-state index in [1.165, 1.54) is 0 Å². The molecule has 5 nitrogen and oxygen atoms in total. The summed E-state index contributed by atoms with van der Waals surface area (Å²) in [7, 11) is -2.07. The zero-order valence-corrected chi connectivity index (χ0v) is 9.54. The normalized spacial score (nSPS) is 13.1. The first-order chi connectivity index (χ1) is 5.77. The van der Waals surface area contributed by atoms with Crippen LogP contribution in [0.2, 0.25) is 0 Å². The molecule has 0 aromatic carbocycles. The summed E-state index contributed by atoms with van der Waals surface area (Å²) < 4.78 is 44.9. The van der Waals surface area contributed by atoms with Gasteiger partial charge < -0.3 is 0 Å². The summed E-state index contributed by atoms with van der Waals surface area (Å²) >= 11 is 0. The zero-order valence-electron chi connectivity index (χ0n) is 7.16. The van der Waals surface area contributed by atoms with Crippen LogP contribution < -0.4 is 4.72 Å². The number of rotatable bonds is 6. The summed E-state index contributed by atoms with van der Waals surface area (Å²) in [5, 5.41) is 0. The third-order valence-electron chi connectivity index (χ3n) is 1.14. The number of nitrogens with one attached hydrogen (secondary N) is 1. The van der Waals surface area contributed by atoms with Crippen LogP contribution in [0.3, 0.4) is 0 Å². The Hall–Kier alpha value is 0.150. The molecule has 80 valence electrons. The van der Waals surface area contributed by atoms with Gasteiger partial charge in [0.2, 0.25) is 19.1 Å². The molecule has 0 fully saturated rings. The second-order valence-corrected chi connectivity index (χ2v) is 7.28. The lowest BCUT2D eigenvalue weighted by atomic mass is 10.6. The maximum absolute atomic E-state index is 11.0. The Kier molecular flexibility index (Phi) is 5.19. The fourth-order valence-corrected chi connectivity index (χ4v) is 2.46. The number of hydrogen-bond acceptors (Lipinski definition) is 4. The summed E-state index contributed by atoms with van der Waals surface area (Å²) in [5.41, 5.74) is 0. The largest absolute Gasteiger partial charge is 0.233 e. The minimum Gasteiger partial charge on any atom is -0.214 e. The second kappa shape index (κ2) is 5.14. The second-order valence-electron chi connectivity index (χ2n) is 2.46. The molecular formula is C5H12ClNO4S2. The molecule has 0 aliphatic rings. The molecule has 1 N–H and O–H groups in total. The quantitative estimate of drug-likeness (QED) is 0.666. The maximum Gasteiger partial charge on any atom is 0.233 e. The van der Waals surface area contributed by atoms with Crippen molar-refractivity contribution in [2.75, 3.05) is 18.1 Å². The monoisotopic (exact) mass is 249 g/mol. The molecule has 0 aromatic rings. The average Bonchev–Trinajstić information content (AvgIpc) is 1.82. The number of sulfonamides is 1. The van der Waals surface area contributed by atoms with Crippen molar-refractivity contribution in [1.29, 1.82) is 0 Å². The molecule has 0 aliphatic heterocycles. The summed E-state index contributed by atoms with van der Waals surface area (Å²) in [4.78, 5) is 0. The number of halogens is 1. The van der Waals surface area contributed by atoms with E-state index in [0.29, 0.717) is 6.42 Å². The van der Waals surface area contributed by atoms with Gasteiger partial charge in [-0.3, -0.25) is 0 Å². The topological polar surface area (TPSA) is 80.3 Å². The third kappa shape index (κ3) is 8.48. The molecule has 0 unspecified atom stereocenters. The highest BCUT2D eigenvalue weighted by molar-refractivity contribution is 8.13. The summed E-state index contributed by atoms with van der Waals surface area (Å²) in [5.74, 6) is -0.396. The Morgan fingerprint density at radius 3 is 2.08 bits per heavy atom. The maximum atomic E-state index is 11.0. The molecule has 0 bridgehead atoms. The van der Waals surface area contributed by atoms with E-state index in [0.717, 1.165) is 0 Å². The summed E-state index contributed by atoms with van der Waals surface area (Å²) in [6, 6.07) is 0. The first-order valence-corrected chi connectivity index (χ1v) is 7.79. The highest BCUT2D eigenvalue weighted by atomic mass is 35.7. The predicted molar refractivity (Wildman–Crippen MR) is 51.7 cm³/mol. The van der Waals surface area contributed by atoms with E-state index in [1.54, 1.807) is 6.92 Å². The van der Waals surface area contributed by atoms with Gasteiger partial charge in [-0.15, -0.1) is 0 Å². The van der Waals surface area contributed by atoms with Crippen molar-refractivity contribution in [1.82, 2.24) is 4.72 Å². The summed E-state index contributed by atoms with van der Waals surface area (Å²) in [6.07, 6.45) is 0.489. The van der Waals surface area contributed by atoms with Crippen molar-refractivity contribution in [2.24, 2.45) is 0 Å². The Balaban J connectivity index is 3.91. The van der Waals surface area contributed by atoms with Gasteiger partial charge in [0.25, 0.3) is 0 Å². The molecule has 0 aliphatic carbocycles. The highest BCUT2D eigenvalue weighted by Crippen LogP contribution is 1.95. The van der Waals surface area contributed by atoms with E-state index in [-0.39, 0.29) is 12.3 Å². The van der Waals surface area contributed by atoms with Crippen LogP contribution in [0.5, 0.6) is 0 Å². The van der Waals surface area contributed by atoms with Crippen LogP contribution in [0, 0.1) is 0 Å². The molecule has 0 spiro atoms. The van der Waals surface area contributed by atoms with Gasteiger partial charge in [0.05, 0.1) is 11.5 Å². The van der Waals surface area contributed by atoms with Crippen LogP contribution in [-0.2, 0) is 19.1 Å². The van der Waals surface area contributed by atoms with Gasteiger partial charge in [-0.1, -0.05) is 6.92 Å². The van der Waals surface area contributed by atoms with Crippen LogP contribution in [0.15, 0.2) is 0 Å². The minimum absolute atomic E-state index is 0.00463. The predicted octanol–water partition coefficient (Wildman–Crippen LogP) is -0.116. The SMILES string of the molecule is CCCS(=O)(=O)NCCS(=O)(=O)Cl. The molecule has 0 atom stereocenters. The van der Waals surface area contributed by atoms with Gasteiger partial charge in [-0.2, -0.15) is 0 Å². The van der Waals surface area contributed by atoms with E-state index in [2.05, 4.69) is 4.72 Å². The van der Waals surface area contributed by atoms with Gasteiger partial charge in [0.15, 0.2) is 0 Å². The van der Waals surface area contributed by atoms with Crippen molar-refractivity contribution in [3.05, 3.63) is 0 Å². The van der Waals surface area contributed by atoms with Gasteiger partial charge in [0, 0.05) is 17.2 Å². The van der Waals surface area contributed by atoms with Crippen LogP contribution in [0.1, 0.15) is 13.3 Å². The summed E-state index contributed by atoms with van der Waals surface area (Å²) in [6.45, 7) is 1.55. The first-order valence-electron chi connectivity index (χ1n) is 3.66. The third-order valence-corrected chi connectivity index (χ3v) is 3.89. The zero-order chi connectivity index (χ0) is 10.5. The Bertz CT molecular complexity index is 334. The Morgan fingerprint density at radius 1 is 1.15 bits per heavy atom. The average molecular weight is 250 g/mol. The molecule has 0 rings (SSSR count). The standard InChI is InChI=1S/C5H12ClNO4S2/c1-2-4-13(10,11)7-3-5-12(6,8)9/h7H,2-5H2,1H3. The fraction of sp³-hybridized carbons (Fsp3) is 1.00. The molecule has 0 saturated carbocycles. The van der Waals surface area contributed by atoms with Crippen molar-refractivity contribution in [3.8, 4) is 0 Å². The lowest BCUT2D eigenvalue weighted by molar-refractivity contribution is 0.581. The Morgan fingerprint density at radius 2 is 1.69 bits per heavy atom. The van der Waals surface area contributed by atoms with Gasteiger partial charge in [-0.05, 0) is 6.42 Å². The molecule has 0 amide bonds. The molecule has 13 heavy (non-hydrogen) atoms. The Labute approximate surface area is 82.9 Å². The van der Waals surface area contributed by atoms with Gasteiger partial charge >= 0.3 is 0 Å². The van der Waals surface area contributed by atoms with E-state index in [4.69, 9.17) is 10.7 Å². The molecule has 0 heterocycles. The van der Waals surface area contributed by atoms with Crippen molar-refractivity contribution >= 4 is 29.8 Å². The molecule has 0 aromatic heterocycles. The lowest BCUT2D eigenvalue weighted by Gasteiger charge is -2.02. The molecule has 8 heteroatoms. The van der Waals surface area contributed by atoms with Gasteiger partial charge in [-0.25, -0.2) is 21.6 Å². The smallest absolute Gasteiger partial charge is 0.214 e. The van der Waals surface area contributed by atoms with E-state index in [9.17, 15) is 16.8 Å². The highest BCUT2D eigenvalue weighted by Gasteiger charge is 2.10. The van der Waals surface area contributed by atoms with Crippen molar-refractivity contribution < 1.29 is 16.8 Å². The van der Waals surface area contributed by atoms with E-state index < -0.39 is 24.8 Å². The molecular weight excluding hydrogens is 238 g/mol. The van der Waals surface area contributed by atoms with Crippen LogP contribution in [-0.4, -0.2) is 34.9 Å². The van der Waals surface area contributed by atoms with Crippen molar-refractivity contribution in [2.45, 2.75) is 13.3 Å². The lowest BCUT2D eigenvalue weighted by Crippen LogP contribution is -2.30. The van der Waals surface area contributed by atoms with Crippen LogP contribution in [0.25, 0.3) is 0 Å². The molecule has 0 saturated heterocycles. The fourth-order valence-electron chi connectivity index (χ4n) is 0.660. The van der Waals surface area contributed by atoms with E-state index in [1.807, 2.05) is 0 Å².